The van der Waals surface area contributed by atoms with E-state index in [1.165, 1.54) is 17.3 Å². The normalized spacial score (nSPS) is 12.0. The van der Waals surface area contributed by atoms with Gasteiger partial charge in [0.1, 0.15) is 0 Å². The van der Waals surface area contributed by atoms with Gasteiger partial charge in [-0.05, 0) is 31.9 Å². The molecule has 5 nitrogen and oxygen atoms in total. The first-order valence-electron chi connectivity index (χ1n) is 8.91. The quantitative estimate of drug-likeness (QED) is 0.659. The van der Waals surface area contributed by atoms with Crippen LogP contribution < -0.4 is 5.32 Å². The first-order valence-corrected chi connectivity index (χ1v) is 9.79. The van der Waals surface area contributed by atoms with Crippen LogP contribution >= 0.6 is 11.8 Å². The molecule has 1 N–H and O–H groups in total. The Morgan fingerprint density at radius 1 is 1.11 bits per heavy atom. The number of aromatic nitrogens is 3. The summed E-state index contributed by atoms with van der Waals surface area (Å²) in [6.45, 7) is 6.51. The van der Waals surface area contributed by atoms with Gasteiger partial charge in [-0.25, -0.2) is 0 Å². The first-order chi connectivity index (χ1) is 13.0. The third-order valence-electron chi connectivity index (χ3n) is 4.46. The molecule has 6 heteroatoms. The molecule has 0 saturated heterocycles. The predicted molar refractivity (Wildman–Crippen MR) is 110 cm³/mol. The fraction of sp³-hybridized carbons (Fsp3) is 0.286. The van der Waals surface area contributed by atoms with E-state index in [2.05, 4.69) is 28.5 Å². The molecule has 0 bridgehead atoms. The van der Waals surface area contributed by atoms with Crippen LogP contribution in [0.15, 0.2) is 53.7 Å². The van der Waals surface area contributed by atoms with E-state index in [-0.39, 0.29) is 11.2 Å². The molecule has 0 aliphatic carbocycles. The third-order valence-corrected chi connectivity index (χ3v) is 5.59. The lowest BCUT2D eigenvalue weighted by atomic mass is 10.1. The summed E-state index contributed by atoms with van der Waals surface area (Å²) in [6.07, 6.45) is 0. The maximum Gasteiger partial charge on any atom is 0.233 e. The lowest BCUT2D eigenvalue weighted by molar-refractivity contribution is -0.120. The van der Waals surface area contributed by atoms with Crippen LogP contribution in [0.4, 0.5) is 0 Å². The number of nitrogens with one attached hydrogen (secondary N) is 1. The molecular formula is C21H24N4OS. The number of amides is 1. The van der Waals surface area contributed by atoms with Crippen LogP contribution in [-0.2, 0) is 18.4 Å². The summed E-state index contributed by atoms with van der Waals surface area (Å²) in [4.78, 5) is 12.4. The summed E-state index contributed by atoms with van der Waals surface area (Å²) in [7, 11) is 1.93. The molecule has 140 valence electrons. The summed E-state index contributed by atoms with van der Waals surface area (Å²) in [6, 6.07) is 16.2. The van der Waals surface area contributed by atoms with Gasteiger partial charge in [0.15, 0.2) is 11.0 Å². The van der Waals surface area contributed by atoms with Gasteiger partial charge in [-0.1, -0.05) is 65.9 Å². The summed E-state index contributed by atoms with van der Waals surface area (Å²) >= 11 is 1.41. The van der Waals surface area contributed by atoms with Gasteiger partial charge in [-0.15, -0.1) is 10.2 Å². The Kier molecular flexibility index (Phi) is 5.96. The van der Waals surface area contributed by atoms with Crippen LogP contribution in [0, 0.1) is 13.8 Å². The Balaban J connectivity index is 1.64. The third kappa shape index (κ3) is 4.57. The molecule has 2 aromatic carbocycles. The fourth-order valence-electron chi connectivity index (χ4n) is 2.73. The zero-order valence-electron chi connectivity index (χ0n) is 16.1. The minimum Gasteiger partial charge on any atom is -0.351 e. The second kappa shape index (κ2) is 8.39. The van der Waals surface area contributed by atoms with Gasteiger partial charge in [0, 0.05) is 19.2 Å². The van der Waals surface area contributed by atoms with Crippen molar-refractivity contribution in [1.29, 1.82) is 0 Å². The highest BCUT2D eigenvalue weighted by molar-refractivity contribution is 8.00. The lowest BCUT2D eigenvalue weighted by Crippen LogP contribution is -2.30. The molecule has 27 heavy (non-hydrogen) atoms. The number of hydrogen-bond donors (Lipinski definition) is 1. The SMILES string of the molecule is Cc1ccc(CNC(=O)C(C)Sc2nnc(-c3ccccc3C)n2C)cc1. The molecule has 1 atom stereocenters. The van der Waals surface area contributed by atoms with Crippen molar-refractivity contribution >= 4 is 17.7 Å². The molecule has 1 aromatic heterocycles. The summed E-state index contributed by atoms with van der Waals surface area (Å²) in [5, 5.41) is 12.1. The molecule has 0 aliphatic rings. The summed E-state index contributed by atoms with van der Waals surface area (Å²) in [5.41, 5.74) is 4.50. The number of nitrogens with zero attached hydrogens (tertiary/aromatic N) is 3. The summed E-state index contributed by atoms with van der Waals surface area (Å²) in [5.74, 6) is 0.795. The highest BCUT2D eigenvalue weighted by Gasteiger charge is 2.19. The van der Waals surface area contributed by atoms with E-state index in [0.717, 1.165) is 27.7 Å². The van der Waals surface area contributed by atoms with Crippen molar-refractivity contribution in [3.05, 3.63) is 65.2 Å². The Hall–Kier alpha value is -2.60. The first kappa shape index (κ1) is 19.2. The highest BCUT2D eigenvalue weighted by atomic mass is 32.2. The molecule has 0 spiro atoms. The Morgan fingerprint density at radius 3 is 2.52 bits per heavy atom. The lowest BCUT2D eigenvalue weighted by Gasteiger charge is -2.12. The van der Waals surface area contributed by atoms with Gasteiger partial charge < -0.3 is 9.88 Å². The highest BCUT2D eigenvalue weighted by Crippen LogP contribution is 2.27. The standard InChI is InChI=1S/C21H24N4OS/c1-14-9-11-17(12-10-14)13-22-20(26)16(3)27-21-24-23-19(25(21)4)18-8-6-5-7-15(18)2/h5-12,16H,13H2,1-4H3,(H,22,26). The Labute approximate surface area is 164 Å². The molecule has 1 unspecified atom stereocenters. The maximum absolute atomic E-state index is 12.4. The second-order valence-electron chi connectivity index (χ2n) is 6.64. The van der Waals surface area contributed by atoms with E-state index in [9.17, 15) is 4.79 Å². The predicted octanol–water partition coefficient (Wildman–Crippen LogP) is 3.90. The average molecular weight is 381 g/mol. The minimum atomic E-state index is -0.261. The van der Waals surface area contributed by atoms with E-state index in [1.54, 1.807) is 0 Å². The van der Waals surface area contributed by atoms with Crippen LogP contribution in [0.1, 0.15) is 23.6 Å². The van der Waals surface area contributed by atoms with Gasteiger partial charge in [-0.3, -0.25) is 4.79 Å². The molecule has 1 heterocycles. The van der Waals surface area contributed by atoms with Crippen LogP contribution in [-0.4, -0.2) is 25.9 Å². The molecule has 0 fully saturated rings. The van der Waals surface area contributed by atoms with Gasteiger partial charge in [0.25, 0.3) is 0 Å². The van der Waals surface area contributed by atoms with E-state index >= 15 is 0 Å². The Morgan fingerprint density at radius 2 is 1.81 bits per heavy atom. The molecule has 3 rings (SSSR count). The number of rotatable bonds is 6. The molecule has 1 amide bonds. The minimum absolute atomic E-state index is 0.0129. The molecule has 0 aliphatic heterocycles. The summed E-state index contributed by atoms with van der Waals surface area (Å²) < 4.78 is 1.94. The van der Waals surface area contributed by atoms with Gasteiger partial charge in [0.2, 0.25) is 5.91 Å². The zero-order valence-corrected chi connectivity index (χ0v) is 16.9. The van der Waals surface area contributed by atoms with E-state index in [1.807, 2.05) is 67.9 Å². The van der Waals surface area contributed by atoms with Gasteiger partial charge in [0.05, 0.1) is 5.25 Å². The maximum atomic E-state index is 12.4. The smallest absolute Gasteiger partial charge is 0.233 e. The van der Waals surface area contributed by atoms with Crippen molar-refractivity contribution in [2.75, 3.05) is 0 Å². The number of hydrogen-bond acceptors (Lipinski definition) is 4. The van der Waals surface area contributed by atoms with Crippen molar-refractivity contribution < 1.29 is 4.79 Å². The van der Waals surface area contributed by atoms with Crippen molar-refractivity contribution in [2.24, 2.45) is 7.05 Å². The fourth-order valence-corrected chi connectivity index (χ4v) is 3.57. The van der Waals surface area contributed by atoms with E-state index < -0.39 is 0 Å². The van der Waals surface area contributed by atoms with E-state index in [4.69, 9.17) is 0 Å². The molecular weight excluding hydrogens is 356 g/mol. The monoisotopic (exact) mass is 380 g/mol. The Bertz CT molecular complexity index is 934. The number of aryl methyl sites for hydroxylation is 2. The number of carbonyl (C=O) groups excluding carboxylic acids is 1. The molecule has 0 saturated carbocycles. The van der Waals surface area contributed by atoms with Crippen molar-refractivity contribution in [1.82, 2.24) is 20.1 Å². The van der Waals surface area contributed by atoms with Crippen LogP contribution in [0.2, 0.25) is 0 Å². The van der Waals surface area contributed by atoms with Gasteiger partial charge in [-0.2, -0.15) is 0 Å². The topological polar surface area (TPSA) is 59.8 Å². The van der Waals surface area contributed by atoms with Crippen molar-refractivity contribution in [3.63, 3.8) is 0 Å². The molecule has 3 aromatic rings. The van der Waals surface area contributed by atoms with E-state index in [0.29, 0.717) is 6.54 Å². The van der Waals surface area contributed by atoms with Crippen molar-refractivity contribution in [2.45, 2.75) is 37.7 Å². The van der Waals surface area contributed by atoms with Crippen molar-refractivity contribution in [3.8, 4) is 11.4 Å². The number of carbonyl (C=O) groups is 1. The number of thioether (sulfide) groups is 1. The van der Waals surface area contributed by atoms with Crippen LogP contribution in [0.5, 0.6) is 0 Å². The second-order valence-corrected chi connectivity index (χ2v) is 7.95. The largest absolute Gasteiger partial charge is 0.351 e. The van der Waals surface area contributed by atoms with Crippen LogP contribution in [0.3, 0.4) is 0 Å². The number of benzene rings is 2. The zero-order chi connectivity index (χ0) is 19.4. The van der Waals surface area contributed by atoms with Gasteiger partial charge >= 0.3 is 0 Å². The molecule has 0 radical (unpaired) electrons. The average Bonchev–Trinajstić information content (AvgIpc) is 3.01. The van der Waals surface area contributed by atoms with Crippen LogP contribution in [0.25, 0.3) is 11.4 Å².